The van der Waals surface area contributed by atoms with Crippen molar-refractivity contribution in [2.75, 3.05) is 13.2 Å². The maximum absolute atomic E-state index is 11.4. The van der Waals surface area contributed by atoms with Gasteiger partial charge < -0.3 is 15.6 Å². The molecule has 0 aliphatic carbocycles. The molecule has 0 atom stereocenters. The lowest BCUT2D eigenvalue weighted by molar-refractivity contribution is -0.115. The van der Waals surface area contributed by atoms with E-state index in [-0.39, 0.29) is 18.9 Å². The number of hydrogen-bond acceptors (Lipinski definition) is 4. The summed E-state index contributed by atoms with van der Waals surface area (Å²) in [7, 11) is 0. The fourth-order valence-electron chi connectivity index (χ4n) is 1.08. The second-order valence-corrected chi connectivity index (χ2v) is 2.79. The zero-order chi connectivity index (χ0) is 11.1. The number of hydrogen-bond donors (Lipinski definition) is 3. The number of carbonyl (C=O) groups excluding carboxylic acids is 1. The van der Waals surface area contributed by atoms with Crippen molar-refractivity contribution in [2.45, 2.75) is 0 Å². The molecule has 0 spiro atoms. The fraction of sp³-hybridized carbons (Fsp3) is 0.200. The normalized spacial score (nSPS) is 11.1. The Balaban J connectivity index is 2.78. The zero-order valence-electron chi connectivity index (χ0n) is 8.05. The number of rotatable bonds is 4. The maximum Gasteiger partial charge on any atom is 0.274 e. The van der Waals surface area contributed by atoms with Gasteiger partial charge in [-0.05, 0) is 0 Å². The predicted octanol–water partition coefficient (Wildman–Crippen LogP) is -0.0266. The van der Waals surface area contributed by atoms with E-state index in [1.807, 2.05) is 0 Å². The van der Waals surface area contributed by atoms with Crippen molar-refractivity contribution in [1.82, 2.24) is 5.32 Å². The molecule has 1 amide bonds. The molecule has 0 unspecified atom stereocenters. The number of nitrogens with zero attached hydrogens (tertiary/aromatic N) is 1. The van der Waals surface area contributed by atoms with Crippen molar-refractivity contribution in [3.8, 4) is 0 Å². The average molecular weight is 208 g/mol. The number of aliphatic hydroxyl groups excluding tert-OH is 1. The Morgan fingerprint density at radius 2 is 2.00 bits per heavy atom. The first-order chi connectivity index (χ1) is 7.29. The summed E-state index contributed by atoms with van der Waals surface area (Å²) in [5.41, 5.74) is 0.458. The summed E-state index contributed by atoms with van der Waals surface area (Å²) in [4.78, 5) is 11.4. The molecule has 1 aromatic rings. The van der Waals surface area contributed by atoms with Crippen molar-refractivity contribution in [2.24, 2.45) is 5.16 Å². The van der Waals surface area contributed by atoms with Crippen molar-refractivity contribution in [3.05, 3.63) is 35.9 Å². The number of amides is 1. The quantitative estimate of drug-likeness (QED) is 0.369. The molecule has 1 rings (SSSR count). The monoisotopic (exact) mass is 208 g/mol. The van der Waals surface area contributed by atoms with Crippen molar-refractivity contribution in [1.29, 1.82) is 0 Å². The second kappa shape index (κ2) is 5.77. The van der Waals surface area contributed by atoms with Gasteiger partial charge in [0.1, 0.15) is 0 Å². The third kappa shape index (κ3) is 3.07. The molecule has 0 saturated heterocycles. The standard InChI is InChI=1S/C10H12N2O3/c13-7-6-11-10(14)9(12-15)8-4-2-1-3-5-8/h1-5,13,15H,6-7H2,(H,11,14)/b12-9-. The van der Waals surface area contributed by atoms with Gasteiger partial charge in [-0.2, -0.15) is 0 Å². The summed E-state index contributed by atoms with van der Waals surface area (Å²) in [6, 6.07) is 8.59. The van der Waals surface area contributed by atoms with Crippen LogP contribution < -0.4 is 5.32 Å². The number of oxime groups is 1. The van der Waals surface area contributed by atoms with Gasteiger partial charge in [0.15, 0.2) is 5.71 Å². The van der Waals surface area contributed by atoms with Crippen LogP contribution in [0.1, 0.15) is 5.56 Å². The minimum Gasteiger partial charge on any atom is -0.410 e. The fourth-order valence-corrected chi connectivity index (χ4v) is 1.08. The topological polar surface area (TPSA) is 81.9 Å². The number of nitrogens with one attached hydrogen (secondary N) is 1. The van der Waals surface area contributed by atoms with Crippen LogP contribution in [0.5, 0.6) is 0 Å². The van der Waals surface area contributed by atoms with Gasteiger partial charge in [0.25, 0.3) is 5.91 Å². The van der Waals surface area contributed by atoms with E-state index in [2.05, 4.69) is 10.5 Å². The van der Waals surface area contributed by atoms with E-state index in [1.165, 1.54) is 0 Å². The van der Waals surface area contributed by atoms with E-state index in [4.69, 9.17) is 10.3 Å². The summed E-state index contributed by atoms with van der Waals surface area (Å²) in [6.45, 7) is -0.0239. The van der Waals surface area contributed by atoms with Crippen LogP contribution in [0.25, 0.3) is 0 Å². The van der Waals surface area contributed by atoms with Crippen LogP contribution in [0.3, 0.4) is 0 Å². The van der Waals surface area contributed by atoms with Crippen LogP contribution in [0.4, 0.5) is 0 Å². The van der Waals surface area contributed by atoms with Gasteiger partial charge in [0.05, 0.1) is 6.61 Å². The minimum absolute atomic E-state index is 0.0657. The Labute approximate surface area is 87.0 Å². The van der Waals surface area contributed by atoms with Gasteiger partial charge in [-0.15, -0.1) is 0 Å². The zero-order valence-corrected chi connectivity index (χ0v) is 8.05. The molecule has 0 saturated carbocycles. The van der Waals surface area contributed by atoms with Crippen LogP contribution in [-0.2, 0) is 4.79 Å². The second-order valence-electron chi connectivity index (χ2n) is 2.79. The summed E-state index contributed by atoms with van der Waals surface area (Å²) in [6.07, 6.45) is 0. The third-order valence-electron chi connectivity index (χ3n) is 1.76. The molecule has 0 aliphatic heterocycles. The van der Waals surface area contributed by atoms with Gasteiger partial charge >= 0.3 is 0 Å². The Bertz CT molecular complexity index is 349. The summed E-state index contributed by atoms with van der Waals surface area (Å²) >= 11 is 0. The Morgan fingerprint density at radius 1 is 1.33 bits per heavy atom. The lowest BCUT2D eigenvalue weighted by Crippen LogP contribution is -2.33. The number of benzene rings is 1. The van der Waals surface area contributed by atoms with Gasteiger partial charge in [-0.1, -0.05) is 35.5 Å². The number of aliphatic hydroxyl groups is 1. The highest BCUT2D eigenvalue weighted by Gasteiger charge is 2.13. The maximum atomic E-state index is 11.4. The van der Waals surface area contributed by atoms with Crippen LogP contribution in [-0.4, -0.2) is 35.1 Å². The molecule has 1 aromatic carbocycles. The van der Waals surface area contributed by atoms with Gasteiger partial charge in [0.2, 0.25) is 0 Å². The highest BCUT2D eigenvalue weighted by atomic mass is 16.4. The highest BCUT2D eigenvalue weighted by molar-refractivity contribution is 6.45. The molecule has 0 aromatic heterocycles. The molecule has 0 aliphatic rings. The van der Waals surface area contributed by atoms with E-state index in [1.54, 1.807) is 30.3 Å². The lowest BCUT2D eigenvalue weighted by Gasteiger charge is -2.04. The van der Waals surface area contributed by atoms with Gasteiger partial charge in [-0.25, -0.2) is 0 Å². The lowest BCUT2D eigenvalue weighted by atomic mass is 10.1. The van der Waals surface area contributed by atoms with Crippen molar-refractivity contribution >= 4 is 11.6 Å². The predicted molar refractivity (Wildman–Crippen MR) is 54.9 cm³/mol. The first kappa shape index (κ1) is 11.2. The summed E-state index contributed by atoms with van der Waals surface area (Å²) in [5, 5.41) is 22.6. The van der Waals surface area contributed by atoms with Crippen LogP contribution in [0, 0.1) is 0 Å². The average Bonchev–Trinajstić information content (AvgIpc) is 2.29. The molecule has 15 heavy (non-hydrogen) atoms. The van der Waals surface area contributed by atoms with Crippen LogP contribution >= 0.6 is 0 Å². The largest absolute Gasteiger partial charge is 0.410 e. The van der Waals surface area contributed by atoms with E-state index < -0.39 is 5.91 Å². The first-order valence-electron chi connectivity index (χ1n) is 4.46. The molecule has 0 heterocycles. The SMILES string of the molecule is O=C(NCCO)/C(=N\O)c1ccccc1. The number of carbonyl (C=O) groups is 1. The van der Waals surface area contributed by atoms with Gasteiger partial charge in [0, 0.05) is 12.1 Å². The molecule has 0 bridgehead atoms. The van der Waals surface area contributed by atoms with E-state index >= 15 is 0 Å². The molecule has 0 fully saturated rings. The van der Waals surface area contributed by atoms with E-state index in [0.717, 1.165) is 0 Å². The molecule has 3 N–H and O–H groups in total. The first-order valence-corrected chi connectivity index (χ1v) is 4.46. The molecule has 5 heteroatoms. The molecule has 5 nitrogen and oxygen atoms in total. The van der Waals surface area contributed by atoms with Crippen LogP contribution in [0.15, 0.2) is 35.5 Å². The summed E-state index contributed by atoms with van der Waals surface area (Å²) < 4.78 is 0. The smallest absolute Gasteiger partial charge is 0.274 e. The van der Waals surface area contributed by atoms with Gasteiger partial charge in [-0.3, -0.25) is 4.79 Å². The molecular weight excluding hydrogens is 196 g/mol. The Kier molecular flexibility index (Phi) is 4.30. The summed E-state index contributed by atoms with van der Waals surface area (Å²) in [5.74, 6) is -0.516. The molecule has 80 valence electrons. The van der Waals surface area contributed by atoms with Crippen molar-refractivity contribution in [3.63, 3.8) is 0 Å². The Hall–Kier alpha value is -1.88. The van der Waals surface area contributed by atoms with Crippen molar-refractivity contribution < 1.29 is 15.1 Å². The molecular formula is C10H12N2O3. The molecule has 0 radical (unpaired) electrons. The minimum atomic E-state index is -0.516. The Morgan fingerprint density at radius 3 is 2.53 bits per heavy atom. The highest BCUT2D eigenvalue weighted by Crippen LogP contribution is 2.00. The van der Waals surface area contributed by atoms with E-state index in [9.17, 15) is 4.79 Å². The van der Waals surface area contributed by atoms with Crippen LogP contribution in [0.2, 0.25) is 0 Å². The third-order valence-corrected chi connectivity index (χ3v) is 1.76. The van der Waals surface area contributed by atoms with E-state index in [0.29, 0.717) is 5.56 Å².